The van der Waals surface area contributed by atoms with Crippen LogP contribution in [-0.4, -0.2) is 15.1 Å². The first-order valence-electron chi connectivity index (χ1n) is 6.68. The molecular formula is C13H16BrN3OS. The highest BCUT2D eigenvalue weighted by Gasteiger charge is 2.20. The first kappa shape index (κ1) is 13.2. The molecule has 4 nitrogen and oxygen atoms in total. The third-order valence-corrected chi connectivity index (χ3v) is 5.38. The van der Waals surface area contributed by atoms with E-state index >= 15 is 0 Å². The Bertz CT molecular complexity index is 560. The minimum Gasteiger partial charge on any atom is -0.331 e. The Labute approximate surface area is 124 Å². The molecule has 0 amide bonds. The van der Waals surface area contributed by atoms with Crippen molar-refractivity contribution in [2.45, 2.75) is 45.4 Å². The lowest BCUT2D eigenvalue weighted by atomic mass is 9.86. The van der Waals surface area contributed by atoms with Crippen molar-refractivity contribution >= 4 is 27.3 Å². The zero-order valence-corrected chi connectivity index (χ0v) is 13.3. The number of hydrogen-bond donors (Lipinski definition) is 0. The summed E-state index contributed by atoms with van der Waals surface area (Å²) in [4.78, 5) is 8.89. The topological polar surface area (TPSA) is 51.8 Å². The van der Waals surface area contributed by atoms with E-state index in [1.807, 2.05) is 6.92 Å². The molecular weight excluding hydrogens is 326 g/mol. The molecule has 0 saturated heterocycles. The van der Waals surface area contributed by atoms with Crippen molar-refractivity contribution in [3.05, 3.63) is 15.3 Å². The highest BCUT2D eigenvalue weighted by Crippen LogP contribution is 2.35. The van der Waals surface area contributed by atoms with E-state index in [4.69, 9.17) is 4.52 Å². The molecule has 3 rings (SSSR count). The number of rotatable bonds is 3. The van der Waals surface area contributed by atoms with Gasteiger partial charge < -0.3 is 4.52 Å². The minimum absolute atomic E-state index is 0.526. The maximum atomic E-state index is 5.17. The van der Waals surface area contributed by atoms with Crippen molar-refractivity contribution in [3.63, 3.8) is 0 Å². The minimum atomic E-state index is 0.526. The van der Waals surface area contributed by atoms with Crippen LogP contribution in [0.3, 0.4) is 0 Å². The molecule has 2 aromatic rings. The summed E-state index contributed by atoms with van der Waals surface area (Å²) in [7, 11) is 0. The van der Waals surface area contributed by atoms with Gasteiger partial charge in [0.15, 0.2) is 10.8 Å². The van der Waals surface area contributed by atoms with E-state index in [9.17, 15) is 0 Å². The molecule has 1 fully saturated rings. The van der Waals surface area contributed by atoms with E-state index in [1.165, 1.54) is 32.1 Å². The summed E-state index contributed by atoms with van der Waals surface area (Å²) in [5.74, 6) is 1.96. The second kappa shape index (κ2) is 5.71. The highest BCUT2D eigenvalue weighted by molar-refractivity contribution is 9.11. The van der Waals surface area contributed by atoms with Crippen LogP contribution in [0.1, 0.15) is 43.6 Å². The average molecular weight is 342 g/mol. The lowest BCUT2D eigenvalue weighted by molar-refractivity contribution is 0.354. The van der Waals surface area contributed by atoms with E-state index < -0.39 is 0 Å². The Balaban J connectivity index is 1.77. The van der Waals surface area contributed by atoms with Crippen LogP contribution in [0.2, 0.25) is 0 Å². The van der Waals surface area contributed by atoms with Gasteiger partial charge in [-0.3, -0.25) is 0 Å². The van der Waals surface area contributed by atoms with E-state index in [0.29, 0.717) is 11.7 Å². The fourth-order valence-electron chi connectivity index (χ4n) is 2.60. The van der Waals surface area contributed by atoms with Gasteiger partial charge in [-0.25, -0.2) is 4.98 Å². The van der Waals surface area contributed by atoms with E-state index in [-0.39, 0.29) is 0 Å². The molecule has 0 N–H and O–H groups in total. The first-order chi connectivity index (χ1) is 9.22. The highest BCUT2D eigenvalue weighted by atomic mass is 79.9. The zero-order valence-electron chi connectivity index (χ0n) is 10.9. The lowest BCUT2D eigenvalue weighted by Crippen LogP contribution is -2.09. The van der Waals surface area contributed by atoms with Gasteiger partial charge in [0, 0.05) is 0 Å². The van der Waals surface area contributed by atoms with Crippen molar-refractivity contribution in [2.75, 3.05) is 0 Å². The molecule has 0 aromatic carbocycles. The third kappa shape index (κ3) is 3.05. The Morgan fingerprint density at radius 3 is 2.74 bits per heavy atom. The average Bonchev–Trinajstić information content (AvgIpc) is 2.98. The monoisotopic (exact) mass is 341 g/mol. The molecule has 2 heterocycles. The van der Waals surface area contributed by atoms with Gasteiger partial charge in [0.2, 0.25) is 0 Å². The number of halogens is 1. The van der Waals surface area contributed by atoms with Crippen LogP contribution >= 0.6 is 27.3 Å². The first-order valence-corrected chi connectivity index (χ1v) is 8.29. The summed E-state index contributed by atoms with van der Waals surface area (Å²) in [5.41, 5.74) is 1.14. The van der Waals surface area contributed by atoms with Gasteiger partial charge in [0.1, 0.15) is 0 Å². The molecule has 1 saturated carbocycles. The summed E-state index contributed by atoms with van der Waals surface area (Å²) in [6.07, 6.45) is 7.84. The normalized spacial score (nSPS) is 16.9. The maximum absolute atomic E-state index is 5.17. The zero-order chi connectivity index (χ0) is 13.2. The molecule has 1 aliphatic carbocycles. The molecule has 0 unspecified atom stereocenters. The molecule has 0 aliphatic heterocycles. The van der Waals surface area contributed by atoms with Crippen LogP contribution in [0.5, 0.6) is 0 Å². The Morgan fingerprint density at radius 2 is 2.05 bits per heavy atom. The predicted molar refractivity (Wildman–Crippen MR) is 78.1 cm³/mol. The molecule has 6 heteroatoms. The molecule has 2 aromatic heterocycles. The van der Waals surface area contributed by atoms with Crippen LogP contribution in [0.15, 0.2) is 8.31 Å². The van der Waals surface area contributed by atoms with Gasteiger partial charge in [-0.2, -0.15) is 4.98 Å². The van der Waals surface area contributed by atoms with Crippen molar-refractivity contribution in [2.24, 2.45) is 5.92 Å². The molecule has 1 aliphatic rings. The fourth-order valence-corrected chi connectivity index (χ4v) is 4.05. The van der Waals surface area contributed by atoms with Crippen LogP contribution < -0.4 is 0 Å². The molecule has 0 radical (unpaired) electrons. The van der Waals surface area contributed by atoms with Crippen LogP contribution in [0.4, 0.5) is 0 Å². The third-order valence-electron chi connectivity index (χ3n) is 3.57. The van der Waals surface area contributed by atoms with Gasteiger partial charge in [-0.05, 0) is 35.2 Å². The molecule has 0 bridgehead atoms. The number of hydrogen-bond acceptors (Lipinski definition) is 5. The second-order valence-electron chi connectivity index (χ2n) is 5.09. The van der Waals surface area contributed by atoms with Crippen molar-refractivity contribution in [1.82, 2.24) is 15.1 Å². The molecule has 102 valence electrons. The SMILES string of the molecule is Cc1noc(-c2nc(CC3CCCCC3)c(Br)s2)n1. The van der Waals surface area contributed by atoms with Crippen LogP contribution in [0.25, 0.3) is 10.9 Å². The Hall–Kier alpha value is -0.750. The van der Waals surface area contributed by atoms with Crippen molar-refractivity contribution in [3.8, 4) is 10.9 Å². The predicted octanol–water partition coefficient (Wildman–Crippen LogP) is 4.39. The Kier molecular flexibility index (Phi) is 3.98. The van der Waals surface area contributed by atoms with Gasteiger partial charge in [0.05, 0.1) is 9.48 Å². The number of nitrogens with zero attached hydrogens (tertiary/aromatic N) is 3. The molecule has 0 spiro atoms. The summed E-state index contributed by atoms with van der Waals surface area (Å²) in [6.45, 7) is 1.82. The summed E-state index contributed by atoms with van der Waals surface area (Å²) >= 11 is 5.19. The van der Waals surface area contributed by atoms with Gasteiger partial charge in [-0.15, -0.1) is 11.3 Å². The Morgan fingerprint density at radius 1 is 1.26 bits per heavy atom. The van der Waals surface area contributed by atoms with E-state index in [2.05, 4.69) is 31.1 Å². The maximum Gasteiger partial charge on any atom is 0.286 e. The van der Waals surface area contributed by atoms with Crippen molar-refractivity contribution < 1.29 is 4.52 Å². The largest absolute Gasteiger partial charge is 0.331 e. The number of aromatic nitrogens is 3. The quantitative estimate of drug-likeness (QED) is 0.830. The van der Waals surface area contributed by atoms with E-state index in [1.54, 1.807) is 11.3 Å². The second-order valence-corrected chi connectivity index (χ2v) is 7.41. The van der Waals surface area contributed by atoms with E-state index in [0.717, 1.165) is 26.8 Å². The van der Waals surface area contributed by atoms with Crippen LogP contribution in [0, 0.1) is 12.8 Å². The van der Waals surface area contributed by atoms with Crippen LogP contribution in [-0.2, 0) is 6.42 Å². The molecule has 19 heavy (non-hydrogen) atoms. The van der Waals surface area contributed by atoms with Crippen molar-refractivity contribution in [1.29, 1.82) is 0 Å². The number of thiazole rings is 1. The summed E-state index contributed by atoms with van der Waals surface area (Å²) < 4.78 is 6.28. The van der Waals surface area contributed by atoms with Gasteiger partial charge >= 0.3 is 0 Å². The van der Waals surface area contributed by atoms with Gasteiger partial charge in [0.25, 0.3) is 5.89 Å². The lowest BCUT2D eigenvalue weighted by Gasteiger charge is -2.20. The molecule has 0 atom stereocenters. The summed E-state index contributed by atoms with van der Waals surface area (Å²) in [6, 6.07) is 0. The smallest absolute Gasteiger partial charge is 0.286 e. The summed E-state index contributed by atoms with van der Waals surface area (Å²) in [5, 5.41) is 4.63. The van der Waals surface area contributed by atoms with Gasteiger partial charge in [-0.1, -0.05) is 37.3 Å². The fraction of sp³-hybridized carbons (Fsp3) is 0.615. The number of aryl methyl sites for hydroxylation is 1. The standard InChI is InChI=1S/C13H16BrN3OS/c1-8-15-12(18-17-8)13-16-10(11(14)19-13)7-9-5-3-2-4-6-9/h9H,2-7H2,1H3.